The maximum Gasteiger partial charge on any atom is 0.247 e. The van der Waals surface area contributed by atoms with Crippen LogP contribution in [-0.4, -0.2) is 39.0 Å². The highest BCUT2D eigenvalue weighted by molar-refractivity contribution is 7.90. The minimum Gasteiger partial charge on any atom is -0.295 e. The van der Waals surface area contributed by atoms with E-state index in [-0.39, 0.29) is 11.0 Å². The first-order chi connectivity index (χ1) is 12.4. The molecule has 0 aliphatic rings. The number of hydrogen-bond acceptors (Lipinski definition) is 6. The molecular weight excluding hydrogens is 357 g/mol. The van der Waals surface area contributed by atoms with Crippen LogP contribution in [0, 0.1) is 5.82 Å². The minimum absolute atomic E-state index is 0.274. The highest BCUT2D eigenvalue weighted by atomic mass is 32.2. The third-order valence-corrected chi connectivity index (χ3v) is 4.62. The van der Waals surface area contributed by atoms with Gasteiger partial charge in [0.2, 0.25) is 15.0 Å². The van der Waals surface area contributed by atoms with Gasteiger partial charge in [-0.05, 0) is 30.3 Å². The number of aromatic nitrogens is 5. The number of hydrogen-bond donors (Lipinski definition) is 0. The molecule has 3 heterocycles. The molecule has 7 nitrogen and oxygen atoms in total. The fourth-order valence-corrected chi connectivity index (χ4v) is 3.13. The first kappa shape index (κ1) is 16.3. The van der Waals surface area contributed by atoms with Gasteiger partial charge in [0.1, 0.15) is 5.82 Å². The van der Waals surface area contributed by atoms with Crippen LogP contribution >= 0.6 is 0 Å². The topological polar surface area (TPSA) is 90.1 Å². The Labute approximate surface area is 148 Å². The summed E-state index contributed by atoms with van der Waals surface area (Å²) < 4.78 is 38.7. The van der Waals surface area contributed by atoms with Crippen molar-refractivity contribution < 1.29 is 12.8 Å². The Morgan fingerprint density at radius 2 is 1.81 bits per heavy atom. The minimum atomic E-state index is -3.57. The Balaban J connectivity index is 2.03. The van der Waals surface area contributed by atoms with E-state index in [0.29, 0.717) is 28.3 Å². The maximum absolute atomic E-state index is 13.3. The van der Waals surface area contributed by atoms with E-state index in [4.69, 9.17) is 0 Å². The van der Waals surface area contributed by atoms with Crippen molar-refractivity contribution in [2.45, 2.75) is 5.16 Å². The van der Waals surface area contributed by atoms with Crippen molar-refractivity contribution in [1.29, 1.82) is 0 Å². The van der Waals surface area contributed by atoms with E-state index in [2.05, 4.69) is 19.9 Å². The monoisotopic (exact) mass is 369 g/mol. The predicted octanol–water partition coefficient (Wildman–Crippen LogP) is 2.40. The van der Waals surface area contributed by atoms with E-state index in [9.17, 15) is 12.8 Å². The van der Waals surface area contributed by atoms with E-state index in [1.54, 1.807) is 41.2 Å². The van der Waals surface area contributed by atoms with Crippen LogP contribution in [0.15, 0.2) is 60.3 Å². The summed E-state index contributed by atoms with van der Waals surface area (Å²) in [6.07, 6.45) is 7.30. The Bertz CT molecular complexity index is 1220. The number of rotatable bonds is 3. The van der Waals surface area contributed by atoms with Crippen LogP contribution in [0.5, 0.6) is 0 Å². The Hall–Kier alpha value is -3.20. The van der Waals surface area contributed by atoms with Crippen molar-refractivity contribution in [3.05, 3.63) is 60.9 Å². The van der Waals surface area contributed by atoms with Crippen molar-refractivity contribution in [2.24, 2.45) is 0 Å². The van der Waals surface area contributed by atoms with Crippen LogP contribution in [0.3, 0.4) is 0 Å². The van der Waals surface area contributed by atoms with Gasteiger partial charge in [0.15, 0.2) is 5.65 Å². The number of sulfone groups is 1. The molecule has 0 fully saturated rings. The molecule has 4 rings (SSSR count). The van der Waals surface area contributed by atoms with E-state index in [1.807, 2.05) is 0 Å². The summed E-state index contributed by atoms with van der Waals surface area (Å²) in [6.45, 7) is 0. The Morgan fingerprint density at radius 3 is 2.54 bits per heavy atom. The lowest BCUT2D eigenvalue weighted by atomic mass is 10.1. The van der Waals surface area contributed by atoms with E-state index in [0.717, 1.165) is 6.26 Å². The van der Waals surface area contributed by atoms with Crippen LogP contribution < -0.4 is 0 Å². The molecule has 0 spiro atoms. The second-order valence-electron chi connectivity index (χ2n) is 5.62. The summed E-state index contributed by atoms with van der Waals surface area (Å²) >= 11 is 0. The van der Waals surface area contributed by atoms with Gasteiger partial charge < -0.3 is 0 Å². The maximum atomic E-state index is 13.3. The van der Waals surface area contributed by atoms with Gasteiger partial charge in [-0.25, -0.2) is 27.8 Å². The molecule has 0 bridgehead atoms. The normalized spacial score (nSPS) is 11.8. The van der Waals surface area contributed by atoms with Crippen molar-refractivity contribution >= 4 is 15.5 Å². The molecule has 4 aromatic rings. The smallest absolute Gasteiger partial charge is 0.247 e. The molecular formula is C17H12FN5O2S. The third kappa shape index (κ3) is 2.82. The van der Waals surface area contributed by atoms with Crippen molar-refractivity contribution in [1.82, 2.24) is 24.3 Å². The number of fused-ring (bicyclic) bond motifs is 1. The molecule has 0 saturated heterocycles. The van der Waals surface area contributed by atoms with Gasteiger partial charge in [-0.2, -0.15) is 0 Å². The van der Waals surface area contributed by atoms with Crippen LogP contribution in [0.1, 0.15) is 0 Å². The summed E-state index contributed by atoms with van der Waals surface area (Å²) in [6, 6.07) is 7.48. The SMILES string of the molecule is CS(=O)(=O)c1nccc(-c2c(-c3ccc(F)cc3)nc3cnccn23)n1. The summed E-state index contributed by atoms with van der Waals surface area (Å²) in [4.78, 5) is 16.6. The van der Waals surface area contributed by atoms with Crippen LogP contribution in [0.2, 0.25) is 0 Å². The molecule has 0 saturated carbocycles. The first-order valence-corrected chi connectivity index (χ1v) is 9.44. The summed E-state index contributed by atoms with van der Waals surface area (Å²) in [5, 5.41) is -0.274. The quantitative estimate of drug-likeness (QED) is 0.515. The zero-order valence-electron chi connectivity index (χ0n) is 13.5. The number of imidazole rings is 1. The van der Waals surface area contributed by atoms with Crippen LogP contribution in [0.4, 0.5) is 4.39 Å². The number of halogens is 1. The van der Waals surface area contributed by atoms with Gasteiger partial charge in [-0.15, -0.1) is 0 Å². The summed E-state index contributed by atoms with van der Waals surface area (Å²) in [7, 11) is -3.57. The molecule has 0 amide bonds. The highest BCUT2D eigenvalue weighted by Gasteiger charge is 2.19. The molecule has 0 atom stereocenters. The van der Waals surface area contributed by atoms with Gasteiger partial charge >= 0.3 is 0 Å². The van der Waals surface area contributed by atoms with Crippen LogP contribution in [-0.2, 0) is 9.84 Å². The van der Waals surface area contributed by atoms with E-state index in [1.165, 1.54) is 18.3 Å². The zero-order chi connectivity index (χ0) is 18.3. The molecule has 0 radical (unpaired) electrons. The Kier molecular flexibility index (Phi) is 3.73. The molecule has 1 aromatic carbocycles. The lowest BCUT2D eigenvalue weighted by Gasteiger charge is -2.06. The van der Waals surface area contributed by atoms with Crippen molar-refractivity contribution in [2.75, 3.05) is 6.26 Å². The van der Waals surface area contributed by atoms with Gasteiger partial charge in [-0.3, -0.25) is 9.38 Å². The van der Waals surface area contributed by atoms with Gasteiger partial charge in [0, 0.05) is 30.4 Å². The Morgan fingerprint density at radius 1 is 1.04 bits per heavy atom. The average Bonchev–Trinajstić information content (AvgIpc) is 3.01. The van der Waals surface area contributed by atoms with Crippen molar-refractivity contribution in [3.8, 4) is 22.6 Å². The largest absolute Gasteiger partial charge is 0.295 e. The van der Waals surface area contributed by atoms with Gasteiger partial charge in [0.25, 0.3) is 0 Å². The first-order valence-electron chi connectivity index (χ1n) is 7.55. The van der Waals surface area contributed by atoms with Crippen molar-refractivity contribution in [3.63, 3.8) is 0 Å². The lowest BCUT2D eigenvalue weighted by molar-refractivity contribution is 0.593. The van der Waals surface area contributed by atoms with E-state index >= 15 is 0 Å². The van der Waals surface area contributed by atoms with E-state index < -0.39 is 9.84 Å². The van der Waals surface area contributed by atoms with Gasteiger partial charge in [0.05, 0.1) is 23.3 Å². The molecule has 0 unspecified atom stereocenters. The third-order valence-electron chi connectivity index (χ3n) is 3.76. The highest BCUT2D eigenvalue weighted by Crippen LogP contribution is 2.31. The summed E-state index contributed by atoms with van der Waals surface area (Å²) in [5.74, 6) is -0.359. The standard InChI is InChI=1S/C17H12FN5O2S/c1-26(24,25)17-20-7-6-13(21-17)16-15(11-2-4-12(18)5-3-11)22-14-10-19-8-9-23(14)16/h2-10H,1H3. The molecule has 9 heteroatoms. The molecule has 0 N–H and O–H groups in total. The molecule has 0 aliphatic heterocycles. The van der Waals surface area contributed by atoms with Gasteiger partial charge in [-0.1, -0.05) is 0 Å². The fourth-order valence-electron chi connectivity index (χ4n) is 2.61. The molecule has 0 aliphatic carbocycles. The number of nitrogens with zero attached hydrogens (tertiary/aromatic N) is 5. The molecule has 130 valence electrons. The van der Waals surface area contributed by atoms with Crippen LogP contribution in [0.25, 0.3) is 28.3 Å². The lowest BCUT2D eigenvalue weighted by Crippen LogP contribution is -2.05. The number of benzene rings is 1. The zero-order valence-corrected chi connectivity index (χ0v) is 14.4. The fraction of sp³-hybridized carbons (Fsp3) is 0.0588. The molecule has 3 aromatic heterocycles. The summed E-state index contributed by atoms with van der Waals surface area (Å²) in [5.41, 5.74) is 2.72. The average molecular weight is 369 g/mol. The predicted molar refractivity (Wildman–Crippen MR) is 92.5 cm³/mol. The second-order valence-corrected chi connectivity index (χ2v) is 7.53. The molecule has 26 heavy (non-hydrogen) atoms. The second kappa shape index (κ2) is 5.95.